The van der Waals surface area contributed by atoms with E-state index in [4.69, 9.17) is 4.74 Å². The summed E-state index contributed by atoms with van der Waals surface area (Å²) in [6.45, 7) is 2.10. The molecule has 1 rings (SSSR count). The number of rotatable bonds is 1. The van der Waals surface area contributed by atoms with E-state index in [-0.39, 0.29) is 0 Å². The van der Waals surface area contributed by atoms with Gasteiger partial charge in [0.15, 0.2) is 0 Å². The van der Waals surface area contributed by atoms with E-state index in [0.717, 1.165) is 0 Å². The molecule has 1 aliphatic carbocycles. The highest BCUT2D eigenvalue weighted by molar-refractivity contribution is 5.09. The van der Waals surface area contributed by atoms with E-state index >= 15 is 0 Å². The van der Waals surface area contributed by atoms with Crippen LogP contribution in [0.1, 0.15) is 32.6 Å². The third-order valence-electron chi connectivity index (χ3n) is 2.25. The molecule has 0 bridgehead atoms. The van der Waals surface area contributed by atoms with Crippen LogP contribution in [0.5, 0.6) is 0 Å². The second kappa shape index (κ2) is 3.77. The van der Waals surface area contributed by atoms with Gasteiger partial charge in [-0.3, -0.25) is 0 Å². The van der Waals surface area contributed by atoms with Crippen molar-refractivity contribution in [3.05, 3.63) is 11.6 Å². The summed E-state index contributed by atoms with van der Waals surface area (Å²) < 4.78 is 5.33. The van der Waals surface area contributed by atoms with Crippen molar-refractivity contribution < 1.29 is 4.74 Å². The van der Waals surface area contributed by atoms with Crippen molar-refractivity contribution >= 4 is 0 Å². The fraction of sp³-hybridized carbons (Fsp3) is 0.778. The van der Waals surface area contributed by atoms with Crippen molar-refractivity contribution in [1.82, 2.24) is 0 Å². The van der Waals surface area contributed by atoms with Crippen molar-refractivity contribution in [2.45, 2.75) is 38.7 Å². The molecule has 0 aromatic heterocycles. The summed E-state index contributed by atoms with van der Waals surface area (Å²) in [5, 5.41) is 0. The van der Waals surface area contributed by atoms with E-state index < -0.39 is 0 Å². The standard InChI is InChI=1S/C9H16O/c1-3-8-6-4-5-7-9(8)10-2/h3,9H,4-7H2,1-2H3. The molecule has 58 valence electrons. The molecule has 0 saturated heterocycles. The van der Waals surface area contributed by atoms with Gasteiger partial charge in [0.25, 0.3) is 0 Å². The molecule has 1 aliphatic rings. The largest absolute Gasteiger partial charge is 0.377 e. The molecule has 1 saturated carbocycles. The minimum absolute atomic E-state index is 0.429. The van der Waals surface area contributed by atoms with Gasteiger partial charge in [0.1, 0.15) is 0 Å². The highest BCUT2D eigenvalue weighted by Gasteiger charge is 2.16. The Morgan fingerprint density at radius 1 is 1.50 bits per heavy atom. The molecule has 0 aliphatic heterocycles. The highest BCUT2D eigenvalue weighted by Crippen LogP contribution is 2.25. The van der Waals surface area contributed by atoms with Crippen molar-refractivity contribution in [2.24, 2.45) is 0 Å². The van der Waals surface area contributed by atoms with Crippen LogP contribution in [0.25, 0.3) is 0 Å². The normalized spacial score (nSPS) is 31.0. The minimum Gasteiger partial charge on any atom is -0.377 e. The van der Waals surface area contributed by atoms with Crippen LogP contribution < -0.4 is 0 Å². The number of hydrogen-bond acceptors (Lipinski definition) is 1. The molecule has 0 amide bonds. The third kappa shape index (κ3) is 1.60. The molecular formula is C9H16O. The fourth-order valence-electron chi connectivity index (χ4n) is 1.60. The Hall–Kier alpha value is -0.300. The summed E-state index contributed by atoms with van der Waals surface area (Å²) in [4.78, 5) is 0. The predicted molar refractivity (Wildman–Crippen MR) is 43.0 cm³/mol. The first kappa shape index (κ1) is 7.80. The molecule has 0 spiro atoms. The quantitative estimate of drug-likeness (QED) is 0.508. The van der Waals surface area contributed by atoms with Gasteiger partial charge in [-0.1, -0.05) is 12.5 Å². The smallest absolute Gasteiger partial charge is 0.0781 e. The molecule has 0 heterocycles. The first-order valence-electron chi connectivity index (χ1n) is 4.06. The Morgan fingerprint density at radius 2 is 2.30 bits per heavy atom. The molecule has 0 N–H and O–H groups in total. The Labute approximate surface area is 63.1 Å². The van der Waals surface area contributed by atoms with E-state index in [9.17, 15) is 0 Å². The summed E-state index contributed by atoms with van der Waals surface area (Å²) in [6.07, 6.45) is 7.77. The first-order chi connectivity index (χ1) is 4.88. The maximum Gasteiger partial charge on any atom is 0.0781 e. The van der Waals surface area contributed by atoms with Crippen molar-refractivity contribution in [1.29, 1.82) is 0 Å². The second-order valence-electron chi connectivity index (χ2n) is 2.83. The SMILES string of the molecule is CC=C1CCCCC1OC. The maximum atomic E-state index is 5.33. The number of allylic oxidation sites excluding steroid dienone is 1. The molecule has 0 aromatic rings. The summed E-state index contributed by atoms with van der Waals surface area (Å²) in [7, 11) is 1.81. The summed E-state index contributed by atoms with van der Waals surface area (Å²) in [5.41, 5.74) is 1.49. The van der Waals surface area contributed by atoms with Gasteiger partial charge in [0.2, 0.25) is 0 Å². The average molecular weight is 140 g/mol. The maximum absolute atomic E-state index is 5.33. The van der Waals surface area contributed by atoms with E-state index in [1.165, 1.54) is 31.3 Å². The van der Waals surface area contributed by atoms with Gasteiger partial charge in [0, 0.05) is 7.11 Å². The van der Waals surface area contributed by atoms with Crippen molar-refractivity contribution in [3.8, 4) is 0 Å². The summed E-state index contributed by atoms with van der Waals surface area (Å²) >= 11 is 0. The zero-order chi connectivity index (χ0) is 7.40. The third-order valence-corrected chi connectivity index (χ3v) is 2.25. The molecule has 1 heteroatoms. The monoisotopic (exact) mass is 140 g/mol. The van der Waals surface area contributed by atoms with Crippen LogP contribution in [0.15, 0.2) is 11.6 Å². The molecule has 0 aromatic carbocycles. The van der Waals surface area contributed by atoms with Gasteiger partial charge >= 0.3 is 0 Å². The molecular weight excluding hydrogens is 124 g/mol. The highest BCUT2D eigenvalue weighted by atomic mass is 16.5. The summed E-state index contributed by atoms with van der Waals surface area (Å²) in [5.74, 6) is 0. The number of ether oxygens (including phenoxy) is 1. The zero-order valence-corrected chi connectivity index (χ0v) is 6.89. The van der Waals surface area contributed by atoms with Crippen LogP contribution in [0.2, 0.25) is 0 Å². The van der Waals surface area contributed by atoms with Gasteiger partial charge in [-0.25, -0.2) is 0 Å². The zero-order valence-electron chi connectivity index (χ0n) is 6.89. The van der Waals surface area contributed by atoms with Crippen LogP contribution in [-0.4, -0.2) is 13.2 Å². The number of methoxy groups -OCH3 is 1. The van der Waals surface area contributed by atoms with Crippen molar-refractivity contribution in [2.75, 3.05) is 7.11 Å². The van der Waals surface area contributed by atoms with Gasteiger partial charge in [-0.15, -0.1) is 0 Å². The lowest BCUT2D eigenvalue weighted by atomic mass is 9.92. The van der Waals surface area contributed by atoms with E-state index in [2.05, 4.69) is 13.0 Å². The Morgan fingerprint density at radius 3 is 2.80 bits per heavy atom. The molecule has 1 unspecified atom stereocenters. The van der Waals surface area contributed by atoms with Crippen molar-refractivity contribution in [3.63, 3.8) is 0 Å². The van der Waals surface area contributed by atoms with Crippen LogP contribution in [0.3, 0.4) is 0 Å². The second-order valence-corrected chi connectivity index (χ2v) is 2.83. The predicted octanol–water partition coefficient (Wildman–Crippen LogP) is 2.52. The lowest BCUT2D eigenvalue weighted by Gasteiger charge is -2.23. The van der Waals surface area contributed by atoms with E-state index in [1.54, 1.807) is 7.11 Å². The fourth-order valence-corrected chi connectivity index (χ4v) is 1.60. The first-order valence-corrected chi connectivity index (χ1v) is 4.06. The average Bonchev–Trinajstić information content (AvgIpc) is 2.04. The van der Waals surface area contributed by atoms with Crippen LogP contribution >= 0.6 is 0 Å². The van der Waals surface area contributed by atoms with E-state index in [1.807, 2.05) is 0 Å². The minimum atomic E-state index is 0.429. The molecule has 1 fully saturated rings. The van der Waals surface area contributed by atoms with Gasteiger partial charge < -0.3 is 4.74 Å². The lowest BCUT2D eigenvalue weighted by Crippen LogP contribution is -2.17. The van der Waals surface area contributed by atoms with Crippen LogP contribution in [0, 0.1) is 0 Å². The topological polar surface area (TPSA) is 9.23 Å². The summed E-state index contributed by atoms with van der Waals surface area (Å²) in [6, 6.07) is 0. The van der Waals surface area contributed by atoms with Crippen LogP contribution in [-0.2, 0) is 4.74 Å². The Balaban J connectivity index is 2.50. The van der Waals surface area contributed by atoms with E-state index in [0.29, 0.717) is 6.10 Å². The number of hydrogen-bond donors (Lipinski definition) is 0. The van der Waals surface area contributed by atoms with Gasteiger partial charge in [0.05, 0.1) is 6.10 Å². The van der Waals surface area contributed by atoms with Crippen LogP contribution in [0.4, 0.5) is 0 Å². The molecule has 1 nitrogen and oxygen atoms in total. The molecule has 0 radical (unpaired) electrons. The Bertz CT molecular complexity index is 127. The molecule has 10 heavy (non-hydrogen) atoms. The Kier molecular flexibility index (Phi) is 2.94. The lowest BCUT2D eigenvalue weighted by molar-refractivity contribution is 0.109. The molecule has 1 atom stereocenters. The van der Waals surface area contributed by atoms with Gasteiger partial charge in [-0.05, 0) is 31.8 Å². The van der Waals surface area contributed by atoms with Gasteiger partial charge in [-0.2, -0.15) is 0 Å².